The molecule has 126 valence electrons. The van der Waals surface area contributed by atoms with Crippen molar-refractivity contribution in [3.8, 4) is 0 Å². The summed E-state index contributed by atoms with van der Waals surface area (Å²) < 4.78 is 39.6. The van der Waals surface area contributed by atoms with E-state index in [9.17, 15) is 18.0 Å². The minimum Gasteiger partial charge on any atom is -0.294 e. The van der Waals surface area contributed by atoms with Crippen molar-refractivity contribution in [2.75, 3.05) is 0 Å². The van der Waals surface area contributed by atoms with E-state index in [2.05, 4.69) is 4.98 Å². The van der Waals surface area contributed by atoms with Gasteiger partial charge in [-0.2, -0.15) is 13.2 Å². The number of hydrogen-bond donors (Lipinski definition) is 0. The molecule has 24 heavy (non-hydrogen) atoms. The average molecular weight is 354 g/mol. The Kier molecular flexibility index (Phi) is 4.63. The first kappa shape index (κ1) is 17.0. The number of carbonyl (C=O) groups excluding carboxylic acids is 1. The van der Waals surface area contributed by atoms with E-state index in [1.165, 1.54) is 18.3 Å². The predicted octanol–water partition coefficient (Wildman–Crippen LogP) is 5.52. The van der Waals surface area contributed by atoms with Crippen molar-refractivity contribution in [1.29, 1.82) is 0 Å². The fourth-order valence-corrected chi connectivity index (χ4v) is 3.47. The Balaban J connectivity index is 1.79. The molecular weight excluding hydrogens is 339 g/mol. The zero-order chi connectivity index (χ0) is 17.3. The largest absolute Gasteiger partial charge is 0.416 e. The summed E-state index contributed by atoms with van der Waals surface area (Å²) in [5.74, 6) is -0.521. The number of nitrogens with zero attached hydrogens (tertiary/aromatic N) is 1. The molecule has 1 saturated carbocycles. The van der Waals surface area contributed by atoms with Crippen LogP contribution in [0, 0.1) is 5.92 Å². The van der Waals surface area contributed by atoms with Gasteiger partial charge in [0.15, 0.2) is 5.78 Å². The van der Waals surface area contributed by atoms with Gasteiger partial charge in [0.1, 0.15) is 5.15 Å². The maximum Gasteiger partial charge on any atom is 0.416 e. The second-order valence-corrected chi connectivity index (χ2v) is 6.36. The molecule has 2 atom stereocenters. The van der Waals surface area contributed by atoms with Gasteiger partial charge < -0.3 is 0 Å². The Morgan fingerprint density at radius 3 is 2.54 bits per heavy atom. The van der Waals surface area contributed by atoms with Crippen LogP contribution in [0.3, 0.4) is 0 Å². The van der Waals surface area contributed by atoms with E-state index in [0.717, 1.165) is 12.5 Å². The molecule has 0 spiro atoms. The zero-order valence-electron chi connectivity index (χ0n) is 12.7. The van der Waals surface area contributed by atoms with E-state index < -0.39 is 11.7 Å². The van der Waals surface area contributed by atoms with Crippen LogP contribution < -0.4 is 0 Å². The van der Waals surface area contributed by atoms with Crippen LogP contribution in [0.15, 0.2) is 42.6 Å². The third kappa shape index (κ3) is 3.31. The summed E-state index contributed by atoms with van der Waals surface area (Å²) in [4.78, 5) is 16.3. The molecule has 6 heteroatoms. The Bertz CT molecular complexity index is 760. The third-order valence-corrected chi connectivity index (χ3v) is 4.89. The van der Waals surface area contributed by atoms with Crippen molar-refractivity contribution in [2.45, 2.75) is 31.4 Å². The summed E-state index contributed by atoms with van der Waals surface area (Å²) >= 11 is 5.92. The quantitative estimate of drug-likeness (QED) is 0.535. The molecule has 0 N–H and O–H groups in total. The van der Waals surface area contributed by atoms with E-state index in [1.807, 2.05) is 0 Å². The molecule has 2 nitrogen and oxygen atoms in total. The molecule has 0 amide bonds. The molecule has 0 radical (unpaired) electrons. The molecule has 0 saturated heterocycles. The maximum atomic E-state index is 13.2. The van der Waals surface area contributed by atoms with Gasteiger partial charge in [0.25, 0.3) is 0 Å². The van der Waals surface area contributed by atoms with Gasteiger partial charge in [0.05, 0.1) is 11.1 Å². The number of benzene rings is 1. The first-order valence-electron chi connectivity index (χ1n) is 7.67. The fourth-order valence-electron chi connectivity index (χ4n) is 3.24. The lowest BCUT2D eigenvalue weighted by molar-refractivity contribution is -0.138. The van der Waals surface area contributed by atoms with Crippen molar-refractivity contribution in [3.63, 3.8) is 0 Å². The van der Waals surface area contributed by atoms with E-state index in [0.29, 0.717) is 12.0 Å². The van der Waals surface area contributed by atoms with Crippen molar-refractivity contribution < 1.29 is 18.0 Å². The molecule has 0 aliphatic heterocycles. The number of pyridine rings is 1. The third-order valence-electron chi connectivity index (χ3n) is 4.59. The van der Waals surface area contributed by atoms with E-state index in [4.69, 9.17) is 11.6 Å². The predicted molar refractivity (Wildman–Crippen MR) is 85.1 cm³/mol. The summed E-state index contributed by atoms with van der Waals surface area (Å²) in [5, 5.41) is 0.133. The van der Waals surface area contributed by atoms with E-state index >= 15 is 0 Å². The highest BCUT2D eigenvalue weighted by Gasteiger charge is 2.40. The Morgan fingerprint density at radius 1 is 1.17 bits per heavy atom. The molecule has 1 aliphatic rings. The van der Waals surface area contributed by atoms with Gasteiger partial charge >= 0.3 is 6.18 Å². The van der Waals surface area contributed by atoms with Gasteiger partial charge in [0, 0.05) is 12.6 Å². The molecule has 1 fully saturated rings. The first-order valence-corrected chi connectivity index (χ1v) is 8.05. The van der Waals surface area contributed by atoms with Gasteiger partial charge in [-0.1, -0.05) is 29.8 Å². The number of halogens is 4. The first-order chi connectivity index (χ1) is 11.4. The molecule has 3 rings (SSSR count). The van der Waals surface area contributed by atoms with E-state index in [-0.39, 0.29) is 34.8 Å². The summed E-state index contributed by atoms with van der Waals surface area (Å²) in [5.41, 5.74) is 0.00631. The lowest BCUT2D eigenvalue weighted by atomic mass is 9.66. The minimum atomic E-state index is -4.38. The van der Waals surface area contributed by atoms with Crippen molar-refractivity contribution >= 4 is 17.4 Å². The number of carbonyl (C=O) groups is 1. The normalized spacial score (nSPS) is 20.5. The number of hydrogen-bond acceptors (Lipinski definition) is 2. The van der Waals surface area contributed by atoms with Crippen molar-refractivity contribution in [1.82, 2.24) is 4.98 Å². The highest BCUT2D eigenvalue weighted by atomic mass is 35.5. The summed E-state index contributed by atoms with van der Waals surface area (Å²) in [6.45, 7) is 0. The topological polar surface area (TPSA) is 30.0 Å². The maximum absolute atomic E-state index is 13.2. The molecule has 2 aromatic rings. The van der Waals surface area contributed by atoms with Gasteiger partial charge in [-0.05, 0) is 48.4 Å². The van der Waals surface area contributed by atoms with Crippen LogP contribution in [0.4, 0.5) is 13.2 Å². The molecule has 0 unspecified atom stereocenters. The number of ketones is 1. The van der Waals surface area contributed by atoms with Crippen molar-refractivity contribution in [3.05, 3.63) is 64.4 Å². The average Bonchev–Trinajstić information content (AvgIpc) is 2.51. The highest BCUT2D eigenvalue weighted by molar-refractivity contribution is 6.32. The minimum absolute atomic E-state index is 0.0997. The number of aromatic nitrogens is 1. The summed E-state index contributed by atoms with van der Waals surface area (Å²) in [6.07, 6.45) is -1.31. The van der Waals surface area contributed by atoms with Crippen LogP contribution in [-0.2, 0) is 6.18 Å². The molecule has 1 aromatic heterocycles. The van der Waals surface area contributed by atoms with Crippen LogP contribution in [0.25, 0.3) is 0 Å². The molecule has 0 bridgehead atoms. The molecule has 1 aliphatic carbocycles. The monoisotopic (exact) mass is 353 g/mol. The number of Topliss-reactive ketones (excluding diaryl/α,β-unsaturated/α-hetero) is 1. The van der Waals surface area contributed by atoms with Crippen molar-refractivity contribution in [2.24, 2.45) is 5.92 Å². The smallest absolute Gasteiger partial charge is 0.294 e. The molecule has 1 heterocycles. The fraction of sp³-hybridized carbons (Fsp3) is 0.333. The second kappa shape index (κ2) is 6.55. The Hall–Kier alpha value is -1.88. The van der Waals surface area contributed by atoms with Crippen LogP contribution in [0.2, 0.25) is 5.15 Å². The lowest BCUT2D eigenvalue weighted by Crippen LogP contribution is -2.28. The van der Waals surface area contributed by atoms with Gasteiger partial charge in [-0.15, -0.1) is 0 Å². The molecular formula is C18H15ClF3NO. The van der Waals surface area contributed by atoms with Crippen LogP contribution in [0.5, 0.6) is 0 Å². The van der Waals surface area contributed by atoms with Crippen LogP contribution in [0.1, 0.15) is 46.7 Å². The molecule has 1 aromatic carbocycles. The number of rotatable bonds is 4. The lowest BCUT2D eigenvalue weighted by Gasteiger charge is -2.38. The van der Waals surface area contributed by atoms with Crippen LogP contribution in [-0.4, -0.2) is 10.8 Å². The standard InChI is InChI=1S/C18H15ClF3NO/c19-17-14(5-3-9-23-17)16(24)10-11-7-8-12(11)13-4-1-2-6-15(13)18(20,21)22/h1-6,9,11-12H,7-8,10H2/t11-,12+/m0/s1. The van der Waals surface area contributed by atoms with Gasteiger partial charge in [0.2, 0.25) is 0 Å². The summed E-state index contributed by atoms with van der Waals surface area (Å²) in [7, 11) is 0. The Morgan fingerprint density at radius 2 is 1.92 bits per heavy atom. The number of alkyl halides is 3. The van der Waals surface area contributed by atoms with Gasteiger partial charge in [-0.3, -0.25) is 4.79 Å². The van der Waals surface area contributed by atoms with E-state index in [1.54, 1.807) is 18.2 Å². The summed E-state index contributed by atoms with van der Waals surface area (Å²) in [6, 6.07) is 8.83. The Labute approximate surface area is 142 Å². The SMILES string of the molecule is O=C(C[C@@H]1CC[C@H]1c1ccccc1C(F)(F)F)c1cccnc1Cl. The van der Waals surface area contributed by atoms with Gasteiger partial charge in [-0.25, -0.2) is 4.98 Å². The highest BCUT2D eigenvalue weighted by Crippen LogP contribution is 2.48. The zero-order valence-corrected chi connectivity index (χ0v) is 13.4. The second-order valence-electron chi connectivity index (χ2n) is 6.00. The van der Waals surface area contributed by atoms with Crippen LogP contribution >= 0.6 is 11.6 Å².